The minimum Gasteiger partial charge on any atom is -0.462 e. The lowest BCUT2D eigenvalue weighted by atomic mass is 9.32. The van der Waals surface area contributed by atoms with E-state index in [1.807, 2.05) is 6.20 Å². The van der Waals surface area contributed by atoms with Crippen molar-refractivity contribution in [1.82, 2.24) is 14.9 Å². The van der Waals surface area contributed by atoms with Crippen molar-refractivity contribution in [2.45, 2.75) is 138 Å². The Morgan fingerprint density at radius 2 is 1.74 bits per heavy atom. The highest BCUT2D eigenvalue weighted by molar-refractivity contribution is 7.13. The molecule has 11 unspecified atom stereocenters. The van der Waals surface area contributed by atoms with Crippen LogP contribution in [0, 0.1) is 56.7 Å². The van der Waals surface area contributed by atoms with Crippen LogP contribution in [0.2, 0.25) is 0 Å². The summed E-state index contributed by atoms with van der Waals surface area (Å²) in [6.45, 7) is 22.0. The van der Waals surface area contributed by atoms with Gasteiger partial charge in [-0.05, 0) is 141 Å². The normalized spacial score (nSPS) is 43.3. The van der Waals surface area contributed by atoms with Gasteiger partial charge in [0, 0.05) is 18.9 Å². The number of aromatic nitrogens is 2. The average Bonchev–Trinajstić information content (AvgIpc) is 3.88. The highest BCUT2D eigenvalue weighted by atomic mass is 32.1. The molecule has 0 aromatic carbocycles. The molecule has 7 heteroatoms. The Morgan fingerprint density at radius 1 is 0.940 bits per heavy atom. The second kappa shape index (κ2) is 11.8. The zero-order chi connectivity index (χ0) is 35.4. The Kier molecular flexibility index (Phi) is 8.18. The molecule has 11 atom stereocenters. The van der Waals surface area contributed by atoms with Crippen LogP contribution >= 0.6 is 11.3 Å². The number of nitrogens with one attached hydrogen (secondary N) is 1. The van der Waals surface area contributed by atoms with Crippen molar-refractivity contribution in [3.8, 4) is 10.6 Å². The summed E-state index contributed by atoms with van der Waals surface area (Å²) in [6, 6.07) is 4.24. The SMILES string of the molecule is C=C(C)C1CCC2(C(=O)N3CCCC3c3ncc(-c4cccs4)[nH]3)CCC3(C)C(CCC4C5(C)CCC(OC(C)=O)C(C)(C)C5CCC43C)C12. The van der Waals surface area contributed by atoms with Crippen molar-refractivity contribution in [3.63, 3.8) is 0 Å². The minimum absolute atomic E-state index is 0.00310. The van der Waals surface area contributed by atoms with Crippen LogP contribution in [0.5, 0.6) is 0 Å². The van der Waals surface area contributed by atoms with Crippen molar-refractivity contribution in [2.75, 3.05) is 6.54 Å². The molecule has 1 saturated heterocycles. The third-order valence-corrected chi connectivity index (χ3v) is 17.9. The standard InChI is InChI=1S/C43H61N3O3S/c1-26(2)28-15-20-43(38(48)46-23-9-11-31(46)37-44-25-30(45-37)32-12-10-24-50-32)22-21-41(7)29(36(28)43)13-14-34-40(6)18-17-35(49-27(3)47)39(4,5)33(40)16-19-42(34,41)8/h10,12,24-25,28-29,31,33-36H,1,9,11,13-23H2,2-8H3,(H,44,45). The van der Waals surface area contributed by atoms with E-state index in [0.717, 1.165) is 69.4 Å². The highest BCUT2D eigenvalue weighted by Crippen LogP contribution is 2.78. The lowest BCUT2D eigenvalue weighted by Crippen LogP contribution is -2.67. The summed E-state index contributed by atoms with van der Waals surface area (Å²) in [7, 11) is 0. The number of carbonyl (C=O) groups excluding carboxylic acids is 2. The number of nitrogens with zero attached hydrogens (tertiary/aromatic N) is 2. The van der Waals surface area contributed by atoms with Gasteiger partial charge in [-0.25, -0.2) is 4.98 Å². The lowest BCUT2D eigenvalue weighted by Gasteiger charge is -2.73. The van der Waals surface area contributed by atoms with Crippen LogP contribution in [-0.2, 0) is 14.3 Å². The fourth-order valence-corrected chi connectivity index (χ4v) is 15.2. The van der Waals surface area contributed by atoms with E-state index in [4.69, 9.17) is 9.72 Å². The summed E-state index contributed by atoms with van der Waals surface area (Å²) in [5, 5.41) is 2.10. The van der Waals surface area contributed by atoms with E-state index in [9.17, 15) is 4.79 Å². The fourth-order valence-electron chi connectivity index (χ4n) is 14.5. The number of rotatable bonds is 5. The van der Waals surface area contributed by atoms with Gasteiger partial charge in [0.25, 0.3) is 0 Å². The van der Waals surface area contributed by atoms with E-state index in [0.29, 0.717) is 35.5 Å². The number of hydrogen-bond acceptors (Lipinski definition) is 5. The highest BCUT2D eigenvalue weighted by Gasteiger charge is 2.72. The van der Waals surface area contributed by atoms with E-state index in [1.165, 1.54) is 36.1 Å². The van der Waals surface area contributed by atoms with Crippen LogP contribution in [0.1, 0.15) is 137 Å². The summed E-state index contributed by atoms with van der Waals surface area (Å²) >= 11 is 1.72. The number of thiophene rings is 1. The van der Waals surface area contributed by atoms with Gasteiger partial charge in [0.15, 0.2) is 0 Å². The number of amides is 1. The summed E-state index contributed by atoms with van der Waals surface area (Å²) in [4.78, 5) is 39.4. The molecule has 2 aromatic rings. The maximum atomic E-state index is 15.4. The van der Waals surface area contributed by atoms with E-state index >= 15 is 4.79 Å². The van der Waals surface area contributed by atoms with Gasteiger partial charge >= 0.3 is 5.97 Å². The monoisotopic (exact) mass is 699 g/mol. The topological polar surface area (TPSA) is 75.3 Å². The summed E-state index contributed by atoms with van der Waals surface area (Å²) in [5.74, 6) is 3.68. The maximum absolute atomic E-state index is 15.4. The van der Waals surface area contributed by atoms with Crippen molar-refractivity contribution in [1.29, 1.82) is 0 Å². The number of ether oxygens (including phenoxy) is 1. The van der Waals surface area contributed by atoms with Crippen LogP contribution in [-0.4, -0.2) is 39.4 Å². The first-order valence-corrected chi connectivity index (χ1v) is 20.8. The number of imidazole rings is 1. The van der Waals surface area contributed by atoms with Gasteiger partial charge in [0.2, 0.25) is 5.91 Å². The van der Waals surface area contributed by atoms with E-state index in [2.05, 4.69) is 75.5 Å². The van der Waals surface area contributed by atoms with Crippen molar-refractivity contribution in [3.05, 3.63) is 41.7 Å². The molecule has 1 amide bonds. The summed E-state index contributed by atoms with van der Waals surface area (Å²) in [5.41, 5.74) is 2.61. The van der Waals surface area contributed by atoms with Crippen molar-refractivity contribution in [2.24, 2.45) is 56.7 Å². The number of likely N-dealkylation sites (tertiary alicyclic amines) is 1. The molecule has 6 nitrogen and oxygen atoms in total. The third kappa shape index (κ3) is 4.72. The van der Waals surface area contributed by atoms with Crippen LogP contribution in [0.15, 0.2) is 35.9 Å². The molecule has 50 heavy (non-hydrogen) atoms. The summed E-state index contributed by atoms with van der Waals surface area (Å²) < 4.78 is 5.99. The predicted molar refractivity (Wildman–Crippen MR) is 200 cm³/mol. The molecule has 0 bridgehead atoms. The van der Waals surface area contributed by atoms with Crippen LogP contribution < -0.4 is 0 Å². The Balaban J connectivity index is 1.11. The number of esters is 1. The van der Waals surface area contributed by atoms with Gasteiger partial charge < -0.3 is 14.6 Å². The van der Waals surface area contributed by atoms with Crippen LogP contribution in [0.25, 0.3) is 10.6 Å². The smallest absolute Gasteiger partial charge is 0.302 e. The number of hydrogen-bond donors (Lipinski definition) is 1. The first-order chi connectivity index (χ1) is 23.7. The van der Waals surface area contributed by atoms with Crippen molar-refractivity contribution >= 4 is 23.2 Å². The minimum atomic E-state index is -0.312. The van der Waals surface area contributed by atoms with Crippen molar-refractivity contribution < 1.29 is 14.3 Å². The number of H-pyrrole nitrogens is 1. The average molecular weight is 700 g/mol. The molecule has 6 fully saturated rings. The second-order valence-corrected chi connectivity index (χ2v) is 20.1. The Hall–Kier alpha value is -2.41. The van der Waals surface area contributed by atoms with Gasteiger partial charge in [-0.1, -0.05) is 52.8 Å². The molecule has 1 aliphatic heterocycles. The predicted octanol–water partition coefficient (Wildman–Crippen LogP) is 10.4. The quantitative estimate of drug-likeness (QED) is 0.249. The summed E-state index contributed by atoms with van der Waals surface area (Å²) in [6.07, 6.45) is 15.2. The molecule has 8 rings (SSSR count). The molecular weight excluding hydrogens is 639 g/mol. The molecular formula is C43H61N3O3S. The van der Waals surface area contributed by atoms with Gasteiger partial charge in [-0.2, -0.15) is 0 Å². The molecule has 5 saturated carbocycles. The van der Waals surface area contributed by atoms with Gasteiger partial charge in [-0.3, -0.25) is 9.59 Å². The number of fused-ring (bicyclic) bond motifs is 7. The zero-order valence-corrected chi connectivity index (χ0v) is 32.6. The molecule has 1 N–H and O–H groups in total. The Morgan fingerprint density at radius 3 is 2.46 bits per heavy atom. The third-order valence-electron chi connectivity index (χ3n) is 17.0. The zero-order valence-electron chi connectivity index (χ0n) is 31.8. The van der Waals surface area contributed by atoms with Crippen LogP contribution in [0.4, 0.5) is 0 Å². The molecule has 2 aromatic heterocycles. The fraction of sp³-hybridized carbons (Fsp3) is 0.744. The second-order valence-electron chi connectivity index (χ2n) is 19.1. The van der Waals surface area contributed by atoms with Gasteiger partial charge in [0.05, 0.1) is 28.2 Å². The van der Waals surface area contributed by atoms with Gasteiger partial charge in [-0.15, -0.1) is 11.3 Å². The van der Waals surface area contributed by atoms with E-state index in [-0.39, 0.29) is 45.2 Å². The number of carbonyl (C=O) groups is 2. The molecule has 0 spiro atoms. The van der Waals surface area contributed by atoms with E-state index < -0.39 is 0 Å². The lowest BCUT2D eigenvalue weighted by molar-refractivity contribution is -0.249. The molecule has 6 aliphatic rings. The largest absolute Gasteiger partial charge is 0.462 e. The number of aromatic amines is 1. The number of allylic oxidation sites excluding steroid dienone is 1. The first-order valence-electron chi connectivity index (χ1n) is 19.9. The van der Waals surface area contributed by atoms with E-state index in [1.54, 1.807) is 18.3 Å². The Bertz CT molecular complexity index is 1660. The van der Waals surface area contributed by atoms with Gasteiger partial charge in [0.1, 0.15) is 11.9 Å². The van der Waals surface area contributed by atoms with Crippen LogP contribution in [0.3, 0.4) is 0 Å². The molecule has 5 aliphatic carbocycles. The maximum Gasteiger partial charge on any atom is 0.302 e. The Labute approximate surface area is 304 Å². The molecule has 0 radical (unpaired) electrons. The molecule has 272 valence electrons. The molecule has 3 heterocycles. The first kappa shape index (κ1) is 34.7.